The molecule has 41 heavy (non-hydrogen) atoms. The first-order chi connectivity index (χ1) is 19.6. The summed E-state index contributed by atoms with van der Waals surface area (Å²) in [4.78, 5) is 29.0. The van der Waals surface area contributed by atoms with E-state index >= 15 is 0 Å². The van der Waals surface area contributed by atoms with Crippen molar-refractivity contribution in [3.05, 3.63) is 94.0 Å². The maximum absolute atomic E-state index is 14.1. The fraction of sp³-hybridized carbons (Fsp3) is 0.355. The highest BCUT2D eigenvalue weighted by Crippen LogP contribution is 2.29. The normalized spacial score (nSPS) is 14.4. The van der Waals surface area contributed by atoms with Gasteiger partial charge in [0.2, 0.25) is 11.8 Å². The zero-order valence-electron chi connectivity index (χ0n) is 23.2. The fourth-order valence-electron chi connectivity index (χ4n) is 5.10. The molecule has 4 rings (SSSR count). The minimum absolute atomic E-state index is 0.0453. The van der Waals surface area contributed by atoms with Crippen LogP contribution in [-0.4, -0.2) is 43.8 Å². The van der Waals surface area contributed by atoms with E-state index in [1.54, 1.807) is 55.5 Å². The number of nitrogens with zero attached hydrogens (tertiary/aromatic N) is 2. The summed E-state index contributed by atoms with van der Waals surface area (Å²) in [5.41, 5.74) is 1.87. The van der Waals surface area contributed by atoms with E-state index in [2.05, 4.69) is 5.32 Å². The molecular weight excluding hydrogens is 581 g/mol. The summed E-state index contributed by atoms with van der Waals surface area (Å²) in [6, 6.07) is 19.4. The van der Waals surface area contributed by atoms with Crippen LogP contribution in [-0.2, 0) is 32.6 Å². The Morgan fingerprint density at radius 2 is 1.61 bits per heavy atom. The van der Waals surface area contributed by atoms with E-state index in [0.29, 0.717) is 27.7 Å². The number of nitrogens with one attached hydrogen (secondary N) is 1. The SMILES string of the molecule is CCc1ccccc1N(CC(=O)N(Cc1ccc(Cl)c(Cl)c1)C(C)C(=O)NC1CCCC1)S(=O)(=O)c1ccccc1. The third-order valence-electron chi connectivity index (χ3n) is 7.46. The number of para-hydroxylation sites is 1. The maximum Gasteiger partial charge on any atom is 0.264 e. The highest BCUT2D eigenvalue weighted by atomic mass is 35.5. The van der Waals surface area contributed by atoms with Crippen molar-refractivity contribution < 1.29 is 18.0 Å². The lowest BCUT2D eigenvalue weighted by Gasteiger charge is -2.33. The molecule has 218 valence electrons. The van der Waals surface area contributed by atoms with Gasteiger partial charge in [0.05, 0.1) is 20.6 Å². The van der Waals surface area contributed by atoms with Gasteiger partial charge in [-0.3, -0.25) is 13.9 Å². The molecule has 0 saturated heterocycles. The van der Waals surface area contributed by atoms with E-state index in [4.69, 9.17) is 23.2 Å². The number of carbonyl (C=O) groups excluding carboxylic acids is 2. The standard InChI is InChI=1S/C31H35Cl2N3O4S/c1-3-24-11-7-10-16-29(24)36(41(39,40)26-14-5-4-6-15-26)21-30(37)35(20-23-17-18-27(32)28(33)19-23)22(2)31(38)34-25-12-8-9-13-25/h4-7,10-11,14-19,22,25H,3,8-9,12-13,20-21H2,1-2H3,(H,34,38). The van der Waals surface area contributed by atoms with Crippen molar-refractivity contribution in [3.63, 3.8) is 0 Å². The van der Waals surface area contributed by atoms with Crippen molar-refractivity contribution in [2.75, 3.05) is 10.8 Å². The van der Waals surface area contributed by atoms with Crippen LogP contribution < -0.4 is 9.62 Å². The fourth-order valence-corrected chi connectivity index (χ4v) is 6.89. The van der Waals surface area contributed by atoms with Crippen LogP contribution in [0, 0.1) is 0 Å². The minimum Gasteiger partial charge on any atom is -0.352 e. The summed E-state index contributed by atoms with van der Waals surface area (Å²) < 4.78 is 29.1. The van der Waals surface area contributed by atoms with Gasteiger partial charge in [-0.05, 0) is 67.6 Å². The second-order valence-electron chi connectivity index (χ2n) is 10.2. The molecule has 7 nitrogen and oxygen atoms in total. The topological polar surface area (TPSA) is 86.8 Å². The average Bonchev–Trinajstić information content (AvgIpc) is 3.49. The summed E-state index contributed by atoms with van der Waals surface area (Å²) in [5.74, 6) is -0.799. The van der Waals surface area contributed by atoms with E-state index in [1.807, 2.05) is 19.1 Å². The number of sulfonamides is 1. The number of hydrogen-bond acceptors (Lipinski definition) is 4. The molecule has 1 saturated carbocycles. The Morgan fingerprint density at radius 1 is 0.951 bits per heavy atom. The Morgan fingerprint density at radius 3 is 2.27 bits per heavy atom. The first-order valence-electron chi connectivity index (χ1n) is 13.8. The number of rotatable bonds is 11. The van der Waals surface area contributed by atoms with Gasteiger partial charge in [-0.1, -0.05) is 85.4 Å². The molecule has 3 aromatic carbocycles. The number of aryl methyl sites for hydroxylation is 1. The Balaban J connectivity index is 1.71. The van der Waals surface area contributed by atoms with E-state index in [-0.39, 0.29) is 23.4 Å². The smallest absolute Gasteiger partial charge is 0.264 e. The van der Waals surface area contributed by atoms with E-state index in [0.717, 1.165) is 35.6 Å². The number of carbonyl (C=O) groups is 2. The van der Waals surface area contributed by atoms with Crippen LogP contribution in [0.1, 0.15) is 50.7 Å². The summed E-state index contributed by atoms with van der Waals surface area (Å²) in [6.45, 7) is 3.15. The van der Waals surface area contributed by atoms with Crippen LogP contribution in [0.25, 0.3) is 0 Å². The zero-order valence-corrected chi connectivity index (χ0v) is 25.6. The lowest BCUT2D eigenvalue weighted by molar-refractivity contribution is -0.139. The molecule has 0 aliphatic heterocycles. The molecule has 0 heterocycles. The van der Waals surface area contributed by atoms with Crippen LogP contribution >= 0.6 is 23.2 Å². The first kappa shape index (κ1) is 30.9. The van der Waals surface area contributed by atoms with Gasteiger partial charge >= 0.3 is 0 Å². The van der Waals surface area contributed by atoms with Gasteiger partial charge in [0.15, 0.2) is 0 Å². The third kappa shape index (κ3) is 7.42. The zero-order chi connectivity index (χ0) is 29.6. The number of halogens is 2. The molecule has 0 radical (unpaired) electrons. The quantitative estimate of drug-likeness (QED) is 0.277. The second kappa shape index (κ2) is 13.7. The van der Waals surface area contributed by atoms with Crippen molar-refractivity contribution in [3.8, 4) is 0 Å². The molecule has 1 N–H and O–H groups in total. The molecule has 1 aliphatic rings. The highest BCUT2D eigenvalue weighted by Gasteiger charge is 2.34. The van der Waals surface area contributed by atoms with Gasteiger partial charge < -0.3 is 10.2 Å². The number of amides is 2. The van der Waals surface area contributed by atoms with Crippen LogP contribution in [0.2, 0.25) is 10.0 Å². The van der Waals surface area contributed by atoms with Gasteiger partial charge in [-0.25, -0.2) is 8.42 Å². The first-order valence-corrected chi connectivity index (χ1v) is 16.0. The van der Waals surface area contributed by atoms with Crippen LogP contribution in [0.5, 0.6) is 0 Å². The van der Waals surface area contributed by atoms with Gasteiger partial charge in [0.1, 0.15) is 12.6 Å². The average molecular weight is 617 g/mol. The molecule has 0 spiro atoms. The van der Waals surface area contributed by atoms with Crippen molar-refractivity contribution in [2.45, 2.75) is 69.5 Å². The number of anilines is 1. The van der Waals surface area contributed by atoms with Crippen molar-refractivity contribution >= 4 is 50.7 Å². The predicted octanol–water partition coefficient (Wildman–Crippen LogP) is 6.23. The predicted molar refractivity (Wildman–Crippen MR) is 164 cm³/mol. The Labute approximate surface area is 252 Å². The van der Waals surface area contributed by atoms with Gasteiger partial charge in [0.25, 0.3) is 10.0 Å². The molecule has 0 bridgehead atoms. The molecule has 2 amide bonds. The Bertz CT molecular complexity index is 1480. The lowest BCUT2D eigenvalue weighted by Crippen LogP contribution is -2.52. The van der Waals surface area contributed by atoms with Crippen molar-refractivity contribution in [1.82, 2.24) is 10.2 Å². The number of hydrogen-bond donors (Lipinski definition) is 1. The van der Waals surface area contributed by atoms with E-state index in [9.17, 15) is 18.0 Å². The Hall–Kier alpha value is -3.07. The third-order valence-corrected chi connectivity index (χ3v) is 9.97. The van der Waals surface area contributed by atoms with Gasteiger partial charge in [0, 0.05) is 12.6 Å². The maximum atomic E-state index is 14.1. The van der Waals surface area contributed by atoms with Crippen molar-refractivity contribution in [1.29, 1.82) is 0 Å². The highest BCUT2D eigenvalue weighted by molar-refractivity contribution is 7.92. The molecule has 1 fully saturated rings. The lowest BCUT2D eigenvalue weighted by atomic mass is 10.1. The molecule has 1 aliphatic carbocycles. The summed E-state index contributed by atoms with van der Waals surface area (Å²) in [7, 11) is -4.12. The van der Waals surface area contributed by atoms with E-state index in [1.165, 1.54) is 17.0 Å². The summed E-state index contributed by atoms with van der Waals surface area (Å²) in [5, 5.41) is 3.76. The Kier molecular flexibility index (Phi) is 10.3. The number of benzene rings is 3. The molecule has 10 heteroatoms. The van der Waals surface area contributed by atoms with Gasteiger partial charge in [-0.15, -0.1) is 0 Å². The molecular formula is C31H35Cl2N3O4S. The molecule has 1 unspecified atom stereocenters. The second-order valence-corrected chi connectivity index (χ2v) is 12.9. The van der Waals surface area contributed by atoms with Crippen molar-refractivity contribution in [2.24, 2.45) is 0 Å². The molecule has 0 aromatic heterocycles. The van der Waals surface area contributed by atoms with E-state index < -0.39 is 28.5 Å². The summed E-state index contributed by atoms with van der Waals surface area (Å²) in [6.07, 6.45) is 4.47. The van der Waals surface area contributed by atoms with Gasteiger partial charge in [-0.2, -0.15) is 0 Å². The van der Waals surface area contributed by atoms with Crippen LogP contribution in [0.15, 0.2) is 77.7 Å². The van der Waals surface area contributed by atoms with Crippen LogP contribution in [0.4, 0.5) is 5.69 Å². The van der Waals surface area contributed by atoms with Crippen LogP contribution in [0.3, 0.4) is 0 Å². The molecule has 3 aromatic rings. The largest absolute Gasteiger partial charge is 0.352 e. The minimum atomic E-state index is -4.12. The molecule has 1 atom stereocenters. The summed E-state index contributed by atoms with van der Waals surface area (Å²) >= 11 is 12.4. The monoisotopic (exact) mass is 615 g/mol.